The average molecular weight is 423 g/mol. The Balaban J connectivity index is 1.61. The van der Waals surface area contributed by atoms with E-state index < -0.39 is 17.8 Å². The fraction of sp³-hybridized carbons (Fsp3) is 0.167. The highest BCUT2D eigenvalue weighted by Crippen LogP contribution is 2.31. The first kappa shape index (κ1) is 20.7. The zero-order valence-electron chi connectivity index (χ0n) is 16.7. The van der Waals surface area contributed by atoms with E-state index >= 15 is 0 Å². The summed E-state index contributed by atoms with van der Waals surface area (Å²) in [5.74, 6) is -0.594. The monoisotopic (exact) mass is 423 g/mol. The Hall–Kier alpha value is -3.61. The van der Waals surface area contributed by atoms with Crippen molar-refractivity contribution in [3.8, 4) is 0 Å². The van der Waals surface area contributed by atoms with Gasteiger partial charge in [-0.15, -0.1) is 0 Å². The minimum Gasteiger partial charge on any atom is -0.361 e. The van der Waals surface area contributed by atoms with Gasteiger partial charge in [0.2, 0.25) is 0 Å². The lowest BCUT2D eigenvalue weighted by Crippen LogP contribution is -2.29. The third kappa shape index (κ3) is 4.30. The van der Waals surface area contributed by atoms with E-state index in [0.29, 0.717) is 0 Å². The minimum absolute atomic E-state index is 0.0377. The number of alkyl halides is 3. The highest BCUT2D eigenvalue weighted by atomic mass is 19.4. The number of carbonyl (C=O) groups excluding carboxylic acids is 1. The molecule has 0 aliphatic rings. The van der Waals surface area contributed by atoms with E-state index in [2.05, 4.69) is 15.3 Å². The molecule has 0 radical (unpaired) electrons. The second kappa shape index (κ2) is 8.26. The quantitative estimate of drug-likeness (QED) is 0.448. The molecule has 0 saturated heterocycles. The van der Waals surface area contributed by atoms with Crippen molar-refractivity contribution in [3.05, 3.63) is 101 Å². The molecule has 0 bridgehead atoms. The molecule has 1 amide bonds. The van der Waals surface area contributed by atoms with E-state index in [-0.39, 0.29) is 23.7 Å². The molecule has 0 unspecified atom stereocenters. The molecular formula is C24H20F3N3O. The highest BCUT2D eigenvalue weighted by molar-refractivity contribution is 5.95. The summed E-state index contributed by atoms with van der Waals surface area (Å²) in [4.78, 5) is 19.6. The molecule has 0 saturated carbocycles. The van der Waals surface area contributed by atoms with Gasteiger partial charge in [-0.3, -0.25) is 4.79 Å². The third-order valence-corrected chi connectivity index (χ3v) is 5.29. The Morgan fingerprint density at radius 3 is 2.45 bits per heavy atom. The number of hydrogen-bond acceptors (Lipinski definition) is 2. The molecule has 0 aliphatic carbocycles. The number of para-hydroxylation sites is 1. The van der Waals surface area contributed by atoms with Gasteiger partial charge >= 0.3 is 6.18 Å². The van der Waals surface area contributed by atoms with E-state index in [0.717, 1.165) is 28.1 Å². The Labute approximate surface area is 177 Å². The normalized spacial score (nSPS) is 12.6. The van der Waals surface area contributed by atoms with Gasteiger partial charge in [-0.2, -0.15) is 13.2 Å². The topological polar surface area (TPSA) is 57.8 Å². The first-order valence-corrected chi connectivity index (χ1v) is 9.78. The lowest BCUT2D eigenvalue weighted by atomic mass is 9.91. The van der Waals surface area contributed by atoms with Crippen molar-refractivity contribution in [2.45, 2.75) is 19.0 Å². The van der Waals surface area contributed by atoms with E-state index in [1.54, 1.807) is 0 Å². The molecule has 0 spiro atoms. The van der Waals surface area contributed by atoms with Crippen molar-refractivity contribution >= 4 is 16.8 Å². The molecule has 0 aliphatic heterocycles. The van der Waals surface area contributed by atoms with Crippen LogP contribution in [0.3, 0.4) is 0 Å². The van der Waals surface area contributed by atoms with Crippen LogP contribution in [0, 0.1) is 6.92 Å². The number of halogens is 3. The van der Waals surface area contributed by atoms with Gasteiger partial charge in [0.05, 0.1) is 11.3 Å². The number of amides is 1. The fourth-order valence-corrected chi connectivity index (χ4v) is 3.72. The van der Waals surface area contributed by atoms with Crippen LogP contribution in [-0.2, 0) is 6.18 Å². The number of H-pyrrole nitrogens is 1. The number of aromatic amines is 1. The van der Waals surface area contributed by atoms with Crippen molar-refractivity contribution < 1.29 is 18.0 Å². The number of hydrogen-bond donors (Lipinski definition) is 2. The number of nitrogens with one attached hydrogen (secondary N) is 2. The minimum atomic E-state index is -4.55. The Morgan fingerprint density at radius 1 is 1.03 bits per heavy atom. The summed E-state index contributed by atoms with van der Waals surface area (Å²) in [7, 11) is 0. The maximum atomic E-state index is 12.9. The fourth-order valence-electron chi connectivity index (χ4n) is 3.72. The van der Waals surface area contributed by atoms with Crippen LogP contribution in [0.1, 0.15) is 38.8 Å². The molecule has 2 aromatic carbocycles. The van der Waals surface area contributed by atoms with E-state index in [9.17, 15) is 18.0 Å². The van der Waals surface area contributed by atoms with Gasteiger partial charge in [-0.05, 0) is 36.2 Å². The SMILES string of the molecule is Cc1nc(C(F)(F)F)ccc1C(=O)NC[C@@H](c1ccccc1)c1c[nH]c2ccccc12. The first-order chi connectivity index (χ1) is 14.8. The summed E-state index contributed by atoms with van der Waals surface area (Å²) in [5, 5.41) is 3.93. The summed E-state index contributed by atoms with van der Waals surface area (Å²) in [6.45, 7) is 1.68. The molecule has 4 nitrogen and oxygen atoms in total. The number of pyridine rings is 1. The van der Waals surface area contributed by atoms with E-state index in [1.807, 2.05) is 60.8 Å². The smallest absolute Gasteiger partial charge is 0.361 e. The van der Waals surface area contributed by atoms with Crippen molar-refractivity contribution in [3.63, 3.8) is 0 Å². The van der Waals surface area contributed by atoms with Crippen molar-refractivity contribution in [2.75, 3.05) is 6.54 Å². The number of nitrogens with zero attached hydrogens (tertiary/aromatic N) is 1. The van der Waals surface area contributed by atoms with Crippen molar-refractivity contribution in [1.82, 2.24) is 15.3 Å². The molecule has 0 fully saturated rings. The van der Waals surface area contributed by atoms with Crippen LogP contribution in [0.5, 0.6) is 0 Å². The molecule has 4 aromatic rings. The van der Waals surface area contributed by atoms with Crippen molar-refractivity contribution in [2.24, 2.45) is 0 Å². The number of carbonyl (C=O) groups is 1. The van der Waals surface area contributed by atoms with E-state index in [1.165, 1.54) is 13.0 Å². The van der Waals surface area contributed by atoms with Crippen LogP contribution in [0.25, 0.3) is 10.9 Å². The zero-order valence-corrected chi connectivity index (χ0v) is 16.7. The number of benzene rings is 2. The number of fused-ring (bicyclic) bond motifs is 1. The third-order valence-electron chi connectivity index (χ3n) is 5.29. The van der Waals surface area contributed by atoms with Gasteiger partial charge < -0.3 is 10.3 Å². The van der Waals surface area contributed by atoms with Crippen LogP contribution >= 0.6 is 0 Å². The van der Waals surface area contributed by atoms with Crippen molar-refractivity contribution in [1.29, 1.82) is 0 Å². The number of aromatic nitrogens is 2. The van der Waals surface area contributed by atoms with Crippen LogP contribution in [0.4, 0.5) is 13.2 Å². The van der Waals surface area contributed by atoms with Gasteiger partial charge in [0.15, 0.2) is 0 Å². The molecule has 2 aromatic heterocycles. The summed E-state index contributed by atoms with van der Waals surface area (Å²) in [6.07, 6.45) is -2.62. The Morgan fingerprint density at radius 2 is 1.74 bits per heavy atom. The average Bonchev–Trinajstić information content (AvgIpc) is 3.18. The lowest BCUT2D eigenvalue weighted by molar-refractivity contribution is -0.141. The van der Waals surface area contributed by atoms with Gasteiger partial charge in [0.1, 0.15) is 5.69 Å². The van der Waals surface area contributed by atoms with E-state index in [4.69, 9.17) is 0 Å². The van der Waals surface area contributed by atoms with Gasteiger partial charge in [0, 0.05) is 29.6 Å². The van der Waals surface area contributed by atoms with Crippen LogP contribution in [0.2, 0.25) is 0 Å². The van der Waals surface area contributed by atoms with Crippen LogP contribution in [0.15, 0.2) is 72.9 Å². The second-order valence-electron chi connectivity index (χ2n) is 7.29. The molecule has 4 rings (SSSR count). The Kier molecular flexibility index (Phi) is 5.50. The molecular weight excluding hydrogens is 403 g/mol. The summed E-state index contributed by atoms with van der Waals surface area (Å²) in [6, 6.07) is 19.7. The summed E-state index contributed by atoms with van der Waals surface area (Å²) in [5.41, 5.74) is 2.20. The molecule has 158 valence electrons. The molecule has 2 heterocycles. The molecule has 31 heavy (non-hydrogen) atoms. The summed E-state index contributed by atoms with van der Waals surface area (Å²) >= 11 is 0. The highest BCUT2D eigenvalue weighted by Gasteiger charge is 2.33. The number of aryl methyl sites for hydroxylation is 1. The molecule has 7 heteroatoms. The second-order valence-corrected chi connectivity index (χ2v) is 7.29. The summed E-state index contributed by atoms with van der Waals surface area (Å²) < 4.78 is 38.6. The zero-order chi connectivity index (χ0) is 22.0. The standard InChI is InChI=1S/C24H20F3N3O/c1-15-17(11-12-22(30-15)24(25,26)27)23(31)29-13-19(16-7-3-2-4-8-16)20-14-28-21-10-6-5-9-18(20)21/h2-12,14,19,28H,13H2,1H3,(H,29,31)/t19-/m0/s1. The first-order valence-electron chi connectivity index (χ1n) is 9.78. The van der Waals surface area contributed by atoms with Crippen LogP contribution < -0.4 is 5.32 Å². The molecule has 1 atom stereocenters. The predicted molar refractivity (Wildman–Crippen MR) is 113 cm³/mol. The maximum Gasteiger partial charge on any atom is 0.433 e. The number of rotatable bonds is 5. The van der Waals surface area contributed by atoms with Crippen LogP contribution in [-0.4, -0.2) is 22.4 Å². The van der Waals surface area contributed by atoms with Gasteiger partial charge in [-0.25, -0.2) is 4.98 Å². The van der Waals surface area contributed by atoms with Gasteiger partial charge in [-0.1, -0.05) is 48.5 Å². The molecule has 2 N–H and O–H groups in total. The maximum absolute atomic E-state index is 12.9. The Bertz CT molecular complexity index is 1220. The van der Waals surface area contributed by atoms with Gasteiger partial charge in [0.25, 0.3) is 5.91 Å². The largest absolute Gasteiger partial charge is 0.433 e. The predicted octanol–water partition coefficient (Wildman–Crippen LogP) is 5.45. The lowest BCUT2D eigenvalue weighted by Gasteiger charge is -2.19.